The molecule has 0 atom stereocenters. The molecule has 4 N–H and O–H groups in total. The van der Waals surface area contributed by atoms with Crippen LogP contribution in [0.25, 0.3) is 0 Å². The summed E-state index contributed by atoms with van der Waals surface area (Å²) in [5, 5.41) is 5.81. The number of anilines is 1. The maximum Gasteiger partial charge on any atom is 0.262 e. The molecule has 0 aromatic carbocycles. The normalized spacial score (nSPS) is 13.1. The van der Waals surface area contributed by atoms with Crippen LogP contribution in [0.3, 0.4) is 0 Å². The number of nitrogens with two attached hydrogens (primary N) is 1. The van der Waals surface area contributed by atoms with Gasteiger partial charge in [0.2, 0.25) is 5.03 Å². The number of aromatic nitrogens is 2. The van der Waals surface area contributed by atoms with Crippen molar-refractivity contribution in [2.75, 3.05) is 5.73 Å². The van der Waals surface area contributed by atoms with E-state index in [1.165, 1.54) is 6.20 Å². The van der Waals surface area contributed by atoms with Gasteiger partial charge in [-0.2, -0.15) is 5.10 Å². The topological polar surface area (TPSA) is 101 Å². The molecular formula is C7H14N4O2S. The van der Waals surface area contributed by atoms with Crippen molar-refractivity contribution in [1.82, 2.24) is 14.9 Å². The first-order valence-corrected chi connectivity index (χ1v) is 5.54. The van der Waals surface area contributed by atoms with E-state index in [1.807, 2.05) is 0 Å². The molecule has 0 saturated carbocycles. The number of H-pyrrole nitrogens is 1. The third-order valence-corrected chi connectivity index (χ3v) is 3.05. The fraction of sp³-hybridized carbons (Fsp3) is 0.571. The molecule has 0 aliphatic rings. The lowest BCUT2D eigenvalue weighted by Crippen LogP contribution is -2.40. The number of nitrogen functional groups attached to an aromatic ring is 1. The Hall–Kier alpha value is -1.08. The summed E-state index contributed by atoms with van der Waals surface area (Å²) < 4.78 is 25.8. The van der Waals surface area contributed by atoms with Gasteiger partial charge in [0, 0.05) is 11.7 Å². The molecule has 0 aliphatic heterocycles. The van der Waals surface area contributed by atoms with E-state index in [2.05, 4.69) is 14.9 Å². The first-order chi connectivity index (χ1) is 6.22. The van der Waals surface area contributed by atoms with Gasteiger partial charge < -0.3 is 5.73 Å². The number of rotatable bonds is 2. The van der Waals surface area contributed by atoms with Gasteiger partial charge in [-0.15, -0.1) is 0 Å². The average Bonchev–Trinajstić information content (AvgIpc) is 2.29. The molecule has 0 unspecified atom stereocenters. The Balaban J connectivity index is 3.05. The molecule has 0 amide bonds. The van der Waals surface area contributed by atoms with Crippen LogP contribution in [0, 0.1) is 0 Å². The third-order valence-electron chi connectivity index (χ3n) is 1.33. The minimum Gasteiger partial charge on any atom is -0.395 e. The first kappa shape index (κ1) is 11.0. The minimum absolute atomic E-state index is 0.113. The van der Waals surface area contributed by atoms with Gasteiger partial charge in [-0.25, -0.2) is 13.1 Å². The molecule has 0 saturated heterocycles. The van der Waals surface area contributed by atoms with Crippen molar-refractivity contribution < 1.29 is 8.42 Å². The van der Waals surface area contributed by atoms with Crippen LogP contribution in [0.5, 0.6) is 0 Å². The lowest BCUT2D eigenvalue weighted by atomic mass is 10.1. The molecule has 0 radical (unpaired) electrons. The second-order valence-corrected chi connectivity index (χ2v) is 5.60. The van der Waals surface area contributed by atoms with Crippen LogP contribution in [-0.2, 0) is 10.0 Å². The molecule has 80 valence electrons. The smallest absolute Gasteiger partial charge is 0.262 e. The number of hydrogen-bond acceptors (Lipinski definition) is 4. The molecule has 0 spiro atoms. The second-order valence-electron chi connectivity index (χ2n) is 4.00. The lowest BCUT2D eigenvalue weighted by Gasteiger charge is -2.19. The van der Waals surface area contributed by atoms with E-state index in [9.17, 15) is 8.42 Å². The van der Waals surface area contributed by atoms with Crippen LogP contribution >= 0.6 is 0 Å². The molecule has 1 aromatic heterocycles. The minimum atomic E-state index is -3.62. The highest BCUT2D eigenvalue weighted by Crippen LogP contribution is 2.15. The summed E-state index contributed by atoms with van der Waals surface area (Å²) in [5.74, 6) is 0. The zero-order valence-corrected chi connectivity index (χ0v) is 9.14. The van der Waals surface area contributed by atoms with Gasteiger partial charge in [0.15, 0.2) is 0 Å². The summed E-state index contributed by atoms with van der Waals surface area (Å²) in [7, 11) is -3.62. The zero-order chi connectivity index (χ0) is 11.0. The molecule has 1 heterocycles. The summed E-state index contributed by atoms with van der Waals surface area (Å²) in [5.41, 5.74) is 4.99. The van der Waals surface area contributed by atoms with Gasteiger partial charge >= 0.3 is 0 Å². The van der Waals surface area contributed by atoms with E-state index in [1.54, 1.807) is 20.8 Å². The third kappa shape index (κ3) is 2.46. The van der Waals surface area contributed by atoms with Gasteiger partial charge in [0.1, 0.15) is 0 Å². The molecule has 0 aliphatic carbocycles. The van der Waals surface area contributed by atoms with E-state index in [-0.39, 0.29) is 10.7 Å². The van der Waals surface area contributed by atoms with Crippen molar-refractivity contribution >= 4 is 15.7 Å². The predicted molar refractivity (Wildman–Crippen MR) is 53.1 cm³/mol. The number of hydrogen-bond donors (Lipinski definition) is 3. The fourth-order valence-corrected chi connectivity index (χ4v) is 2.40. The van der Waals surface area contributed by atoms with Crippen molar-refractivity contribution in [3.05, 3.63) is 6.20 Å². The van der Waals surface area contributed by atoms with E-state index >= 15 is 0 Å². The van der Waals surface area contributed by atoms with E-state index in [0.717, 1.165) is 0 Å². The zero-order valence-electron chi connectivity index (χ0n) is 8.33. The Morgan fingerprint density at radius 1 is 1.50 bits per heavy atom. The average molecular weight is 218 g/mol. The Bertz CT molecular complexity index is 415. The Kier molecular flexibility index (Phi) is 2.55. The summed E-state index contributed by atoms with van der Waals surface area (Å²) in [6.45, 7) is 5.23. The Labute approximate surface area is 82.9 Å². The van der Waals surface area contributed by atoms with Crippen molar-refractivity contribution in [3.8, 4) is 0 Å². The molecule has 1 rings (SSSR count). The maximum absolute atomic E-state index is 11.7. The van der Waals surface area contributed by atoms with Crippen LogP contribution in [-0.4, -0.2) is 24.2 Å². The number of nitrogens with one attached hydrogen (secondary N) is 2. The van der Waals surface area contributed by atoms with E-state index in [4.69, 9.17) is 5.73 Å². The van der Waals surface area contributed by atoms with E-state index in [0.29, 0.717) is 0 Å². The summed E-state index contributed by atoms with van der Waals surface area (Å²) in [6, 6.07) is 0. The van der Waals surface area contributed by atoms with Gasteiger partial charge in [0.25, 0.3) is 10.0 Å². The van der Waals surface area contributed by atoms with Crippen LogP contribution in [0.2, 0.25) is 0 Å². The summed E-state index contributed by atoms with van der Waals surface area (Å²) >= 11 is 0. The predicted octanol–water partition coefficient (Wildman–Crippen LogP) is 0.0687. The van der Waals surface area contributed by atoms with Gasteiger partial charge in [-0.3, -0.25) is 5.10 Å². The lowest BCUT2D eigenvalue weighted by molar-refractivity contribution is 0.489. The molecule has 14 heavy (non-hydrogen) atoms. The Morgan fingerprint density at radius 3 is 2.43 bits per heavy atom. The summed E-state index contributed by atoms with van der Waals surface area (Å²) in [6.07, 6.45) is 1.33. The molecule has 7 heteroatoms. The Morgan fingerprint density at radius 2 is 2.07 bits per heavy atom. The van der Waals surface area contributed by atoms with Gasteiger partial charge in [-0.05, 0) is 20.8 Å². The molecule has 1 aromatic rings. The van der Waals surface area contributed by atoms with Gasteiger partial charge in [0.05, 0.1) is 5.69 Å². The first-order valence-electron chi connectivity index (χ1n) is 4.05. The highest BCUT2D eigenvalue weighted by Gasteiger charge is 2.25. The fourth-order valence-electron chi connectivity index (χ4n) is 0.953. The number of aromatic amines is 1. The van der Waals surface area contributed by atoms with E-state index < -0.39 is 15.6 Å². The number of sulfonamides is 1. The van der Waals surface area contributed by atoms with Crippen LogP contribution in [0.4, 0.5) is 5.69 Å². The molecule has 6 nitrogen and oxygen atoms in total. The van der Waals surface area contributed by atoms with Gasteiger partial charge in [-0.1, -0.05) is 0 Å². The van der Waals surface area contributed by atoms with Crippen molar-refractivity contribution in [1.29, 1.82) is 0 Å². The second kappa shape index (κ2) is 3.25. The largest absolute Gasteiger partial charge is 0.395 e. The highest BCUT2D eigenvalue weighted by atomic mass is 32.2. The SMILES string of the molecule is CC(C)(C)NS(=O)(=O)c1n[nH]cc1N. The molecular weight excluding hydrogens is 204 g/mol. The van der Waals surface area contributed by atoms with Crippen LogP contribution in [0.1, 0.15) is 20.8 Å². The standard InChI is InChI=1S/C7H14N4O2S/c1-7(2,3)11-14(12,13)6-5(8)4-9-10-6/h4,11H,8H2,1-3H3,(H,9,10). The summed E-state index contributed by atoms with van der Waals surface area (Å²) in [4.78, 5) is 0. The molecule has 0 bridgehead atoms. The quantitative estimate of drug-likeness (QED) is 0.653. The maximum atomic E-state index is 11.7. The highest BCUT2D eigenvalue weighted by molar-refractivity contribution is 7.89. The van der Waals surface area contributed by atoms with Crippen molar-refractivity contribution in [2.24, 2.45) is 0 Å². The number of nitrogens with zero attached hydrogens (tertiary/aromatic N) is 1. The monoisotopic (exact) mass is 218 g/mol. The van der Waals surface area contributed by atoms with Crippen LogP contribution < -0.4 is 10.5 Å². The molecule has 0 fully saturated rings. The van der Waals surface area contributed by atoms with Crippen molar-refractivity contribution in [3.63, 3.8) is 0 Å². The van der Waals surface area contributed by atoms with Crippen molar-refractivity contribution in [2.45, 2.75) is 31.3 Å². The van der Waals surface area contributed by atoms with Crippen LogP contribution in [0.15, 0.2) is 11.2 Å².